The summed E-state index contributed by atoms with van der Waals surface area (Å²) in [6.45, 7) is 0. The number of rotatable bonds is 2. The molecule has 1 unspecified atom stereocenters. The number of amides is 2. The number of carbonyl (C=O) groups excluding carboxylic acids is 2. The summed E-state index contributed by atoms with van der Waals surface area (Å²) in [6, 6.07) is 14.6. The average molecular weight is 378 g/mol. The van der Waals surface area contributed by atoms with Crippen LogP contribution in [0.1, 0.15) is 11.1 Å². The fourth-order valence-corrected chi connectivity index (χ4v) is 2.79. The van der Waals surface area contributed by atoms with Crippen LogP contribution < -0.4 is 4.90 Å². The zero-order valence-electron chi connectivity index (χ0n) is 14.6. The number of carbonyl (C=O) groups is 2. The zero-order chi connectivity index (χ0) is 18.8. The highest BCUT2D eigenvalue weighted by Gasteiger charge is 2.33. The molecule has 0 fully saturated rings. The number of hydrogen-bond donors (Lipinski definition) is 0. The van der Waals surface area contributed by atoms with Crippen LogP contribution in [0.5, 0.6) is 0 Å². The number of aliphatic imine (C=N–C) groups is 1. The summed E-state index contributed by atoms with van der Waals surface area (Å²) in [6.07, 6.45) is -1.92. The Kier molecular flexibility index (Phi) is 4.95. The van der Waals surface area contributed by atoms with E-state index in [0.717, 1.165) is 5.56 Å². The molecule has 0 radical (unpaired) electrons. The molecule has 3 rings (SSSR count). The first-order chi connectivity index (χ1) is 12.4. The molecule has 1 aliphatic heterocycles. The summed E-state index contributed by atoms with van der Waals surface area (Å²) in [4.78, 5) is 32.0. The van der Waals surface area contributed by atoms with Crippen molar-refractivity contribution in [3.8, 4) is 0 Å². The standard InChI is InChI=1S/C19H18ClN3O3/c1-22(2)19(25)26-17-18(24)23(3)15-10-9-13(20)11-14(15)16(21-17)12-7-5-4-6-8-12/h4-11,17H,1-3H3/i4+1,5+1,6+1,7+1,8+1,12+1. The van der Waals surface area contributed by atoms with E-state index >= 15 is 0 Å². The van der Waals surface area contributed by atoms with Crippen molar-refractivity contribution in [1.82, 2.24) is 4.90 Å². The van der Waals surface area contributed by atoms with Gasteiger partial charge < -0.3 is 14.5 Å². The summed E-state index contributed by atoms with van der Waals surface area (Å²) in [5.74, 6) is -0.435. The molecule has 0 aromatic heterocycles. The van der Waals surface area contributed by atoms with Gasteiger partial charge in [-0.05, 0) is 18.2 Å². The van der Waals surface area contributed by atoms with Crippen LogP contribution in [0.25, 0.3) is 0 Å². The zero-order valence-corrected chi connectivity index (χ0v) is 15.4. The monoisotopic (exact) mass is 377 g/mol. The Bertz CT molecular complexity index is 881. The lowest BCUT2D eigenvalue weighted by Gasteiger charge is -2.21. The molecule has 0 N–H and O–H groups in total. The van der Waals surface area contributed by atoms with Crippen LogP contribution >= 0.6 is 11.6 Å². The van der Waals surface area contributed by atoms with Gasteiger partial charge in [0, 0.05) is 37.3 Å². The van der Waals surface area contributed by atoms with E-state index in [4.69, 9.17) is 16.3 Å². The summed E-state index contributed by atoms with van der Waals surface area (Å²) in [5.41, 5.74) is 2.68. The van der Waals surface area contributed by atoms with Gasteiger partial charge >= 0.3 is 6.09 Å². The number of hydrogen-bond acceptors (Lipinski definition) is 4. The fourth-order valence-electron chi connectivity index (χ4n) is 2.62. The maximum Gasteiger partial charge on any atom is 0.411 e. The van der Waals surface area contributed by atoms with E-state index in [1.165, 1.54) is 9.80 Å². The number of benzodiazepines with no additional fused rings is 1. The van der Waals surface area contributed by atoms with Crippen molar-refractivity contribution in [2.45, 2.75) is 6.23 Å². The van der Waals surface area contributed by atoms with E-state index in [-0.39, 0.29) is 0 Å². The highest BCUT2D eigenvalue weighted by molar-refractivity contribution is 6.32. The minimum atomic E-state index is -1.28. The Morgan fingerprint density at radius 2 is 1.88 bits per heavy atom. The summed E-state index contributed by atoms with van der Waals surface area (Å²) in [7, 11) is 4.71. The normalized spacial score (nSPS) is 16.5. The predicted molar refractivity (Wildman–Crippen MR) is 101 cm³/mol. The molecule has 0 spiro atoms. The van der Waals surface area contributed by atoms with Crippen molar-refractivity contribution in [3.63, 3.8) is 0 Å². The molecule has 1 heterocycles. The van der Waals surface area contributed by atoms with Gasteiger partial charge in [0.25, 0.3) is 12.1 Å². The average Bonchev–Trinajstić information content (AvgIpc) is 2.73. The van der Waals surface area contributed by atoms with Crippen LogP contribution in [0.4, 0.5) is 10.5 Å². The first-order valence-electron chi connectivity index (χ1n) is 7.97. The molecule has 1 aliphatic rings. The first-order valence-corrected chi connectivity index (χ1v) is 8.35. The van der Waals surface area contributed by atoms with E-state index in [9.17, 15) is 9.59 Å². The number of benzene rings is 2. The molecule has 7 heteroatoms. The van der Waals surface area contributed by atoms with E-state index < -0.39 is 18.2 Å². The van der Waals surface area contributed by atoms with Gasteiger partial charge in [-0.15, -0.1) is 0 Å². The fraction of sp³-hybridized carbons (Fsp3) is 0.211. The molecule has 0 saturated carbocycles. The van der Waals surface area contributed by atoms with Crippen molar-refractivity contribution < 1.29 is 14.3 Å². The largest absolute Gasteiger partial charge is 0.414 e. The summed E-state index contributed by atoms with van der Waals surface area (Å²) < 4.78 is 5.30. The lowest BCUT2D eigenvalue weighted by molar-refractivity contribution is -0.126. The van der Waals surface area contributed by atoms with Crippen molar-refractivity contribution in [2.75, 3.05) is 26.0 Å². The molecule has 2 amide bonds. The Morgan fingerprint density at radius 1 is 1.19 bits per heavy atom. The molecule has 2 aromatic carbocycles. The predicted octanol–water partition coefficient (Wildman–Crippen LogP) is 3.18. The third kappa shape index (κ3) is 3.41. The van der Waals surface area contributed by atoms with Crippen LogP contribution in [0.15, 0.2) is 53.5 Å². The Morgan fingerprint density at radius 3 is 2.54 bits per heavy atom. The molecule has 1 atom stereocenters. The van der Waals surface area contributed by atoms with Gasteiger partial charge in [0.1, 0.15) is 0 Å². The first kappa shape index (κ1) is 17.9. The van der Waals surface area contributed by atoms with E-state index in [0.29, 0.717) is 22.0 Å². The summed E-state index contributed by atoms with van der Waals surface area (Å²) >= 11 is 6.18. The van der Waals surface area contributed by atoms with Gasteiger partial charge in [-0.3, -0.25) is 4.79 Å². The lowest BCUT2D eigenvalue weighted by Crippen LogP contribution is -2.39. The Balaban J connectivity index is 2.17. The minimum absolute atomic E-state index is 0.435. The van der Waals surface area contributed by atoms with Crippen LogP contribution in [-0.4, -0.2) is 50.0 Å². The van der Waals surface area contributed by atoms with Crippen LogP contribution in [0.2, 0.25) is 5.02 Å². The second kappa shape index (κ2) is 7.17. The van der Waals surface area contributed by atoms with Gasteiger partial charge in [-0.2, -0.15) is 0 Å². The molecule has 0 bridgehead atoms. The number of fused-ring (bicyclic) bond motifs is 1. The minimum Gasteiger partial charge on any atom is -0.414 e. The number of anilines is 1. The lowest BCUT2D eigenvalue weighted by atomic mass is 10.1. The third-order valence-electron chi connectivity index (χ3n) is 3.99. The third-order valence-corrected chi connectivity index (χ3v) is 4.22. The van der Waals surface area contributed by atoms with Crippen molar-refractivity contribution in [3.05, 3.63) is 64.7 Å². The SMILES string of the molecule is CN(C)C(=O)OC1N=C([13c]2[13cH][13cH][13cH][13cH][13cH]2)c2cc(Cl)ccc2N(C)C1=O. The molecular formula is C19H18ClN3O3. The quantitative estimate of drug-likeness (QED) is 0.807. The molecule has 134 valence electrons. The topological polar surface area (TPSA) is 62.2 Å². The van der Waals surface area contributed by atoms with E-state index in [1.807, 2.05) is 30.3 Å². The van der Waals surface area contributed by atoms with Crippen molar-refractivity contribution in [2.24, 2.45) is 4.99 Å². The van der Waals surface area contributed by atoms with Gasteiger partial charge in [0.2, 0.25) is 0 Å². The van der Waals surface area contributed by atoms with Crippen molar-refractivity contribution >= 4 is 35.0 Å². The van der Waals surface area contributed by atoms with Crippen LogP contribution in [0.3, 0.4) is 0 Å². The second-order valence-corrected chi connectivity index (χ2v) is 6.47. The van der Waals surface area contributed by atoms with Crippen LogP contribution in [0, 0.1) is 0 Å². The highest BCUT2D eigenvalue weighted by atomic mass is 35.5. The number of ether oxygens (including phenoxy) is 1. The van der Waals surface area contributed by atoms with E-state index in [2.05, 4.69) is 4.99 Å². The molecule has 26 heavy (non-hydrogen) atoms. The molecular weight excluding hydrogens is 360 g/mol. The molecule has 0 saturated heterocycles. The van der Waals surface area contributed by atoms with Gasteiger partial charge in [0.05, 0.1) is 11.4 Å². The van der Waals surface area contributed by atoms with Gasteiger partial charge in [-0.1, -0.05) is 41.9 Å². The molecule has 2 aromatic rings. The maximum absolute atomic E-state index is 12.8. The summed E-state index contributed by atoms with van der Waals surface area (Å²) in [5, 5.41) is 0.525. The molecule has 6 nitrogen and oxygen atoms in total. The van der Waals surface area contributed by atoms with Gasteiger partial charge in [0.15, 0.2) is 0 Å². The van der Waals surface area contributed by atoms with Crippen molar-refractivity contribution in [1.29, 1.82) is 0 Å². The number of likely N-dealkylation sites (N-methyl/N-ethyl adjacent to an activating group) is 1. The Hall–Kier alpha value is -2.86. The number of nitrogens with zero attached hydrogens (tertiary/aromatic N) is 3. The second-order valence-electron chi connectivity index (χ2n) is 6.03. The smallest absolute Gasteiger partial charge is 0.411 e. The van der Waals surface area contributed by atoms with Crippen LogP contribution in [-0.2, 0) is 9.53 Å². The molecule has 0 aliphatic carbocycles. The maximum atomic E-state index is 12.8. The van der Waals surface area contributed by atoms with Gasteiger partial charge in [-0.25, -0.2) is 9.79 Å². The van der Waals surface area contributed by atoms with E-state index in [1.54, 1.807) is 39.3 Å². The Labute approximate surface area is 156 Å². The highest BCUT2D eigenvalue weighted by Crippen LogP contribution is 2.30. The number of halogens is 1.